The first-order valence-electron chi connectivity index (χ1n) is 7.58. The highest BCUT2D eigenvalue weighted by Gasteiger charge is 2.13. The molecule has 2 N–H and O–H groups in total. The van der Waals surface area contributed by atoms with Crippen LogP contribution in [0.2, 0.25) is 0 Å². The number of aromatic nitrogens is 1. The molecule has 0 aliphatic heterocycles. The highest BCUT2D eigenvalue weighted by Crippen LogP contribution is 2.24. The minimum absolute atomic E-state index is 0.153. The number of ether oxygens (including phenoxy) is 1. The minimum Gasteiger partial charge on any atom is -0.497 e. The lowest BCUT2D eigenvalue weighted by Gasteiger charge is -2.11. The second-order valence-corrected chi connectivity index (χ2v) is 5.59. The van der Waals surface area contributed by atoms with Gasteiger partial charge >= 0.3 is 5.97 Å². The van der Waals surface area contributed by atoms with Crippen LogP contribution in [0.5, 0.6) is 5.75 Å². The van der Waals surface area contributed by atoms with E-state index in [2.05, 4.69) is 10.3 Å². The quantitative estimate of drug-likeness (QED) is 0.746. The van der Waals surface area contributed by atoms with Crippen LogP contribution in [0.3, 0.4) is 0 Å². The molecule has 0 saturated heterocycles. The molecule has 0 unspecified atom stereocenters. The van der Waals surface area contributed by atoms with Crippen molar-refractivity contribution in [2.75, 3.05) is 12.4 Å². The smallest absolute Gasteiger partial charge is 0.339 e. The van der Waals surface area contributed by atoms with Crippen molar-refractivity contribution in [2.45, 2.75) is 13.5 Å². The number of nitrogens with zero attached hydrogens (tertiary/aromatic N) is 1. The van der Waals surface area contributed by atoms with Crippen LogP contribution in [-0.2, 0) is 6.54 Å². The van der Waals surface area contributed by atoms with Crippen LogP contribution >= 0.6 is 0 Å². The maximum atomic E-state index is 11.5. The Morgan fingerprint density at radius 3 is 2.58 bits per heavy atom. The second-order valence-electron chi connectivity index (χ2n) is 5.59. The van der Waals surface area contributed by atoms with Gasteiger partial charge in [-0.15, -0.1) is 0 Å². The summed E-state index contributed by atoms with van der Waals surface area (Å²) in [5, 5.41) is 13.3. The Bertz CT molecular complexity index is 889. The Balaban J connectivity index is 1.95. The summed E-state index contributed by atoms with van der Waals surface area (Å²) in [6.45, 7) is 2.53. The standard InChI is InChI=1S/C19H18N2O3/c1-12-3-5-13(6-4-12)11-20-18-16(19(22)23)9-14-7-8-15(24-2)10-17(14)21-18/h3-10H,11H2,1-2H3,(H,20,21)(H,22,23). The van der Waals surface area contributed by atoms with E-state index in [4.69, 9.17) is 4.74 Å². The monoisotopic (exact) mass is 322 g/mol. The molecule has 0 spiro atoms. The zero-order valence-corrected chi connectivity index (χ0v) is 13.5. The zero-order valence-electron chi connectivity index (χ0n) is 13.5. The number of methoxy groups -OCH3 is 1. The zero-order chi connectivity index (χ0) is 17.1. The summed E-state index contributed by atoms with van der Waals surface area (Å²) in [5.41, 5.74) is 3.08. The van der Waals surface area contributed by atoms with Crippen LogP contribution in [0.1, 0.15) is 21.5 Å². The van der Waals surface area contributed by atoms with E-state index in [0.29, 0.717) is 23.6 Å². The summed E-state index contributed by atoms with van der Waals surface area (Å²) in [7, 11) is 1.59. The number of anilines is 1. The van der Waals surface area contributed by atoms with Crippen LogP contribution in [0, 0.1) is 6.92 Å². The van der Waals surface area contributed by atoms with Crippen LogP contribution in [0.25, 0.3) is 10.9 Å². The van der Waals surface area contributed by atoms with Crippen LogP contribution in [0.4, 0.5) is 5.82 Å². The summed E-state index contributed by atoms with van der Waals surface area (Å²) >= 11 is 0. The van der Waals surface area contributed by atoms with Gasteiger partial charge in [-0.1, -0.05) is 29.8 Å². The Morgan fingerprint density at radius 1 is 1.17 bits per heavy atom. The minimum atomic E-state index is -1.01. The van der Waals surface area contributed by atoms with Gasteiger partial charge in [0, 0.05) is 18.0 Å². The number of hydrogen-bond acceptors (Lipinski definition) is 4. The Labute approximate surface area is 139 Å². The molecule has 0 aliphatic carbocycles. The first-order valence-corrected chi connectivity index (χ1v) is 7.58. The van der Waals surface area contributed by atoms with E-state index >= 15 is 0 Å². The molecule has 3 aromatic rings. The fourth-order valence-corrected chi connectivity index (χ4v) is 2.46. The van der Waals surface area contributed by atoms with E-state index < -0.39 is 5.97 Å². The molecule has 0 aliphatic rings. The number of aryl methyl sites for hydroxylation is 1. The molecule has 0 atom stereocenters. The highest BCUT2D eigenvalue weighted by molar-refractivity contribution is 5.98. The van der Waals surface area contributed by atoms with Gasteiger partial charge in [0.2, 0.25) is 0 Å². The average Bonchev–Trinajstić information content (AvgIpc) is 2.59. The number of nitrogens with one attached hydrogen (secondary N) is 1. The van der Waals surface area contributed by atoms with Crippen molar-refractivity contribution in [3.63, 3.8) is 0 Å². The number of carbonyl (C=O) groups is 1. The number of fused-ring (bicyclic) bond motifs is 1. The first kappa shape index (κ1) is 15.8. The van der Waals surface area contributed by atoms with Gasteiger partial charge in [0.1, 0.15) is 17.1 Å². The molecule has 2 aromatic carbocycles. The summed E-state index contributed by atoms with van der Waals surface area (Å²) in [4.78, 5) is 16.0. The lowest BCUT2D eigenvalue weighted by Crippen LogP contribution is -2.08. The van der Waals surface area contributed by atoms with Crippen molar-refractivity contribution in [3.05, 3.63) is 65.2 Å². The number of hydrogen-bond donors (Lipinski definition) is 2. The molecular formula is C19H18N2O3. The summed E-state index contributed by atoms with van der Waals surface area (Å²) in [5.74, 6) is 0.0259. The van der Waals surface area contributed by atoms with E-state index in [1.54, 1.807) is 31.4 Å². The molecule has 5 nitrogen and oxygen atoms in total. The number of carboxylic acid groups (broad SMARTS) is 1. The molecule has 1 aromatic heterocycles. The summed E-state index contributed by atoms with van der Waals surface area (Å²) < 4.78 is 5.20. The van der Waals surface area contributed by atoms with E-state index in [1.807, 2.05) is 31.2 Å². The number of rotatable bonds is 5. The van der Waals surface area contributed by atoms with Gasteiger partial charge in [0.25, 0.3) is 0 Å². The Morgan fingerprint density at radius 2 is 1.92 bits per heavy atom. The van der Waals surface area contributed by atoms with E-state index in [9.17, 15) is 9.90 Å². The average molecular weight is 322 g/mol. The van der Waals surface area contributed by atoms with Crippen molar-refractivity contribution in [1.82, 2.24) is 4.98 Å². The Hall–Kier alpha value is -3.08. The van der Waals surface area contributed by atoms with E-state index in [0.717, 1.165) is 10.9 Å². The predicted molar refractivity (Wildman–Crippen MR) is 93.8 cm³/mol. The first-order chi connectivity index (χ1) is 11.6. The van der Waals surface area contributed by atoms with Gasteiger partial charge in [-0.25, -0.2) is 9.78 Å². The van der Waals surface area contributed by atoms with E-state index in [1.165, 1.54) is 5.56 Å². The summed E-state index contributed by atoms with van der Waals surface area (Å²) in [6, 6.07) is 15.1. The van der Waals surface area contributed by atoms with Crippen LogP contribution < -0.4 is 10.1 Å². The third-order valence-corrected chi connectivity index (χ3v) is 3.84. The molecule has 122 valence electrons. The van der Waals surface area contributed by atoms with Crippen LogP contribution in [-0.4, -0.2) is 23.2 Å². The van der Waals surface area contributed by atoms with Crippen molar-refractivity contribution in [1.29, 1.82) is 0 Å². The van der Waals surface area contributed by atoms with E-state index in [-0.39, 0.29) is 5.56 Å². The van der Waals surface area contributed by atoms with Gasteiger partial charge in [0.05, 0.1) is 12.6 Å². The highest BCUT2D eigenvalue weighted by atomic mass is 16.5. The molecule has 3 rings (SSSR count). The SMILES string of the molecule is COc1ccc2cc(C(=O)O)c(NCc3ccc(C)cc3)nc2c1. The molecule has 0 bridgehead atoms. The topological polar surface area (TPSA) is 71.5 Å². The fourth-order valence-electron chi connectivity index (χ4n) is 2.46. The van der Waals surface area contributed by atoms with Gasteiger partial charge in [-0.05, 0) is 30.7 Å². The normalized spacial score (nSPS) is 10.6. The number of benzene rings is 2. The second kappa shape index (κ2) is 6.58. The molecule has 1 heterocycles. The van der Waals surface area contributed by atoms with Gasteiger partial charge in [-0.3, -0.25) is 0 Å². The molecule has 0 amide bonds. The molecule has 0 saturated carbocycles. The lowest BCUT2D eigenvalue weighted by molar-refractivity contribution is 0.0697. The van der Waals surface area contributed by atoms with Gasteiger partial charge in [0.15, 0.2) is 0 Å². The fraction of sp³-hybridized carbons (Fsp3) is 0.158. The predicted octanol–water partition coefficient (Wildman–Crippen LogP) is 3.86. The number of carboxylic acids is 1. The number of pyridine rings is 1. The maximum Gasteiger partial charge on any atom is 0.339 e. The lowest BCUT2D eigenvalue weighted by atomic mass is 10.1. The largest absolute Gasteiger partial charge is 0.497 e. The Kier molecular flexibility index (Phi) is 4.33. The molecule has 5 heteroatoms. The third-order valence-electron chi connectivity index (χ3n) is 3.84. The molecule has 0 fully saturated rings. The van der Waals surface area contributed by atoms with Crippen molar-refractivity contribution in [2.24, 2.45) is 0 Å². The molecule has 0 radical (unpaired) electrons. The summed E-state index contributed by atoms with van der Waals surface area (Å²) in [6.07, 6.45) is 0. The maximum absolute atomic E-state index is 11.5. The van der Waals surface area contributed by atoms with Gasteiger partial charge in [-0.2, -0.15) is 0 Å². The third kappa shape index (κ3) is 3.30. The van der Waals surface area contributed by atoms with Crippen LogP contribution in [0.15, 0.2) is 48.5 Å². The van der Waals surface area contributed by atoms with Crippen molar-refractivity contribution < 1.29 is 14.6 Å². The van der Waals surface area contributed by atoms with Gasteiger partial charge < -0.3 is 15.2 Å². The molecule has 24 heavy (non-hydrogen) atoms. The number of aromatic carboxylic acids is 1. The van der Waals surface area contributed by atoms with Crippen molar-refractivity contribution >= 4 is 22.7 Å². The van der Waals surface area contributed by atoms with Crippen molar-refractivity contribution in [3.8, 4) is 5.75 Å². The molecular weight excluding hydrogens is 304 g/mol.